The largest absolute Gasteiger partial charge is 0.481 e. The number of benzene rings is 1. The molecule has 0 unspecified atom stereocenters. The minimum absolute atomic E-state index is 0.279. The molecule has 2 N–H and O–H groups in total. The lowest BCUT2D eigenvalue weighted by Crippen LogP contribution is -2.30. The maximum atomic E-state index is 12.3. The van der Waals surface area contributed by atoms with Crippen LogP contribution in [-0.4, -0.2) is 29.1 Å². The highest BCUT2D eigenvalue weighted by Gasteiger charge is 2.21. The van der Waals surface area contributed by atoms with Gasteiger partial charge in [-0.3, -0.25) is 9.59 Å². The van der Waals surface area contributed by atoms with E-state index in [4.69, 9.17) is 21.4 Å². The number of hydrogen-bond donors (Lipinski definition) is 2. The Kier molecular flexibility index (Phi) is 5.54. The molecule has 7 heteroatoms. The number of carbonyl (C=O) groups is 2. The van der Waals surface area contributed by atoms with Crippen molar-refractivity contribution >= 4 is 23.5 Å². The number of carboxylic acid groups (broad SMARTS) is 1. The molecule has 0 saturated carbocycles. The molecule has 1 heterocycles. The molecule has 23 heavy (non-hydrogen) atoms. The van der Waals surface area contributed by atoms with E-state index >= 15 is 0 Å². The van der Waals surface area contributed by atoms with Crippen LogP contribution in [-0.2, 0) is 4.79 Å². The molecule has 0 aliphatic carbocycles. The van der Waals surface area contributed by atoms with Crippen molar-refractivity contribution in [2.75, 3.05) is 7.11 Å². The predicted molar refractivity (Wildman–Crippen MR) is 84.7 cm³/mol. The van der Waals surface area contributed by atoms with Crippen LogP contribution in [0.2, 0.25) is 5.02 Å². The summed E-state index contributed by atoms with van der Waals surface area (Å²) in [5, 5.41) is 12.1. The van der Waals surface area contributed by atoms with Crippen molar-refractivity contribution in [2.24, 2.45) is 0 Å². The van der Waals surface area contributed by atoms with E-state index in [9.17, 15) is 9.59 Å². The summed E-state index contributed by atoms with van der Waals surface area (Å²) in [4.78, 5) is 27.3. The van der Waals surface area contributed by atoms with Crippen LogP contribution in [0, 0.1) is 0 Å². The van der Waals surface area contributed by atoms with Crippen LogP contribution in [0.15, 0.2) is 42.6 Å². The standard InChI is InChI=1S/C16H15ClN2O4/c1-23-14-7-6-10(9-18-14)16(22)19-13(8-15(20)21)11-4-2-3-5-12(11)17/h2-7,9,13H,8H2,1H3,(H,19,22)(H,20,21)/t13-/m0/s1. The van der Waals surface area contributed by atoms with Crippen molar-refractivity contribution in [2.45, 2.75) is 12.5 Å². The monoisotopic (exact) mass is 334 g/mol. The van der Waals surface area contributed by atoms with Gasteiger partial charge in [-0.05, 0) is 17.7 Å². The summed E-state index contributed by atoms with van der Waals surface area (Å²) >= 11 is 6.10. The zero-order chi connectivity index (χ0) is 16.8. The van der Waals surface area contributed by atoms with Gasteiger partial charge in [0.25, 0.3) is 5.91 Å². The minimum atomic E-state index is -1.04. The van der Waals surface area contributed by atoms with Gasteiger partial charge in [0.1, 0.15) is 0 Å². The van der Waals surface area contributed by atoms with Crippen LogP contribution in [0.5, 0.6) is 5.88 Å². The Morgan fingerprint density at radius 2 is 2.04 bits per heavy atom. The zero-order valence-corrected chi connectivity index (χ0v) is 13.1. The van der Waals surface area contributed by atoms with E-state index in [0.717, 1.165) is 0 Å². The van der Waals surface area contributed by atoms with Crippen LogP contribution >= 0.6 is 11.6 Å². The maximum absolute atomic E-state index is 12.3. The molecule has 1 aromatic carbocycles. The number of aliphatic carboxylic acids is 1. The Labute approximate surface area is 138 Å². The molecule has 0 aliphatic rings. The number of carbonyl (C=O) groups excluding carboxylic acids is 1. The Balaban J connectivity index is 2.21. The van der Waals surface area contributed by atoms with Crippen molar-refractivity contribution in [1.82, 2.24) is 10.3 Å². The second kappa shape index (κ2) is 7.60. The quantitative estimate of drug-likeness (QED) is 0.848. The average Bonchev–Trinajstić information content (AvgIpc) is 2.54. The first kappa shape index (κ1) is 16.8. The molecule has 1 aromatic heterocycles. The molecule has 1 atom stereocenters. The molecule has 0 aliphatic heterocycles. The second-order valence-corrected chi connectivity index (χ2v) is 5.14. The molecule has 0 bridgehead atoms. The normalized spacial score (nSPS) is 11.6. The van der Waals surface area contributed by atoms with E-state index in [1.165, 1.54) is 13.3 Å². The number of nitrogens with one attached hydrogen (secondary N) is 1. The minimum Gasteiger partial charge on any atom is -0.481 e. The van der Waals surface area contributed by atoms with Gasteiger partial charge >= 0.3 is 5.97 Å². The van der Waals surface area contributed by atoms with E-state index in [2.05, 4.69) is 10.3 Å². The average molecular weight is 335 g/mol. The van der Waals surface area contributed by atoms with E-state index in [1.807, 2.05) is 0 Å². The Morgan fingerprint density at radius 3 is 2.61 bits per heavy atom. The van der Waals surface area contributed by atoms with E-state index in [1.54, 1.807) is 36.4 Å². The first-order chi connectivity index (χ1) is 11.0. The fourth-order valence-corrected chi connectivity index (χ4v) is 2.32. The SMILES string of the molecule is COc1ccc(C(=O)N[C@@H](CC(=O)O)c2ccccc2Cl)cn1. The van der Waals surface area contributed by atoms with Gasteiger partial charge in [-0.1, -0.05) is 29.8 Å². The zero-order valence-electron chi connectivity index (χ0n) is 12.3. The number of halogens is 1. The molecule has 0 spiro atoms. The third kappa shape index (κ3) is 4.43. The summed E-state index contributed by atoms with van der Waals surface area (Å²) in [7, 11) is 1.47. The Hall–Kier alpha value is -2.60. The number of aromatic nitrogens is 1. The van der Waals surface area contributed by atoms with Crippen LogP contribution in [0.25, 0.3) is 0 Å². The number of rotatable bonds is 6. The summed E-state index contributed by atoms with van der Waals surface area (Å²) in [6, 6.07) is 9.16. The Bertz CT molecular complexity index is 703. The summed E-state index contributed by atoms with van der Waals surface area (Å²) in [6.45, 7) is 0. The van der Waals surface area contributed by atoms with Gasteiger partial charge in [0.15, 0.2) is 0 Å². The first-order valence-electron chi connectivity index (χ1n) is 6.78. The lowest BCUT2D eigenvalue weighted by molar-refractivity contribution is -0.137. The van der Waals surface area contributed by atoms with Gasteiger partial charge in [-0.2, -0.15) is 0 Å². The number of ether oxygens (including phenoxy) is 1. The molecule has 0 saturated heterocycles. The summed E-state index contributed by atoms with van der Waals surface area (Å²) < 4.78 is 4.93. The third-order valence-corrected chi connectivity index (χ3v) is 3.52. The van der Waals surface area contributed by atoms with Gasteiger partial charge in [-0.25, -0.2) is 4.98 Å². The predicted octanol–water partition coefficient (Wildman–Crippen LogP) is 2.69. The second-order valence-electron chi connectivity index (χ2n) is 4.73. The molecule has 120 valence electrons. The number of pyridine rings is 1. The van der Waals surface area contributed by atoms with Gasteiger partial charge < -0.3 is 15.2 Å². The molecule has 6 nitrogen and oxygen atoms in total. The van der Waals surface area contributed by atoms with Crippen molar-refractivity contribution in [3.63, 3.8) is 0 Å². The molecule has 0 fully saturated rings. The van der Waals surface area contributed by atoms with Gasteiger partial charge in [0.2, 0.25) is 5.88 Å². The fraction of sp³-hybridized carbons (Fsp3) is 0.188. The van der Waals surface area contributed by atoms with Crippen molar-refractivity contribution in [1.29, 1.82) is 0 Å². The molecular weight excluding hydrogens is 320 g/mol. The molecule has 2 rings (SSSR count). The molecular formula is C16H15ClN2O4. The summed E-state index contributed by atoms with van der Waals surface area (Å²) in [5.41, 5.74) is 0.847. The van der Waals surface area contributed by atoms with Crippen molar-refractivity contribution in [3.8, 4) is 5.88 Å². The van der Waals surface area contributed by atoms with E-state index in [0.29, 0.717) is 22.0 Å². The van der Waals surface area contributed by atoms with Gasteiger partial charge in [-0.15, -0.1) is 0 Å². The van der Waals surface area contributed by atoms with Gasteiger partial charge in [0, 0.05) is 17.3 Å². The Morgan fingerprint density at radius 1 is 1.30 bits per heavy atom. The lowest BCUT2D eigenvalue weighted by Gasteiger charge is -2.18. The van der Waals surface area contributed by atoms with Gasteiger partial charge in [0.05, 0.1) is 25.1 Å². The third-order valence-electron chi connectivity index (χ3n) is 3.17. The molecule has 0 radical (unpaired) electrons. The van der Waals surface area contributed by atoms with Crippen LogP contribution in [0.4, 0.5) is 0 Å². The first-order valence-corrected chi connectivity index (χ1v) is 7.16. The highest BCUT2D eigenvalue weighted by atomic mass is 35.5. The summed E-state index contributed by atoms with van der Waals surface area (Å²) in [6.07, 6.45) is 1.08. The highest BCUT2D eigenvalue weighted by Crippen LogP contribution is 2.25. The van der Waals surface area contributed by atoms with Crippen molar-refractivity contribution in [3.05, 3.63) is 58.7 Å². The van der Waals surface area contributed by atoms with Crippen molar-refractivity contribution < 1.29 is 19.4 Å². The molecule has 2 aromatic rings. The smallest absolute Gasteiger partial charge is 0.305 e. The number of nitrogens with zero attached hydrogens (tertiary/aromatic N) is 1. The summed E-state index contributed by atoms with van der Waals surface area (Å²) in [5.74, 6) is -1.09. The van der Waals surface area contributed by atoms with E-state index in [-0.39, 0.29) is 6.42 Å². The highest BCUT2D eigenvalue weighted by molar-refractivity contribution is 6.31. The van der Waals surface area contributed by atoms with E-state index < -0.39 is 17.9 Å². The number of methoxy groups -OCH3 is 1. The van der Waals surface area contributed by atoms with Crippen LogP contribution in [0.3, 0.4) is 0 Å². The number of hydrogen-bond acceptors (Lipinski definition) is 4. The van der Waals surface area contributed by atoms with Crippen LogP contribution < -0.4 is 10.1 Å². The number of amides is 1. The molecule has 1 amide bonds. The topological polar surface area (TPSA) is 88.5 Å². The maximum Gasteiger partial charge on any atom is 0.305 e. The fourth-order valence-electron chi connectivity index (χ4n) is 2.05. The number of carboxylic acids is 1. The van der Waals surface area contributed by atoms with Crippen LogP contribution in [0.1, 0.15) is 28.4 Å². The lowest BCUT2D eigenvalue weighted by atomic mass is 10.0.